The van der Waals surface area contributed by atoms with E-state index in [-0.39, 0.29) is 24.6 Å². The molecule has 1 aromatic heterocycles. The Kier molecular flexibility index (Phi) is 8.37. The van der Waals surface area contributed by atoms with Gasteiger partial charge in [-0.05, 0) is 73.0 Å². The van der Waals surface area contributed by atoms with Gasteiger partial charge in [0.05, 0.1) is 35.6 Å². The van der Waals surface area contributed by atoms with Crippen molar-refractivity contribution in [3.05, 3.63) is 125 Å². The summed E-state index contributed by atoms with van der Waals surface area (Å²) in [5.41, 5.74) is 2.73. The lowest BCUT2D eigenvalue weighted by Crippen LogP contribution is -2.39. The van der Waals surface area contributed by atoms with E-state index in [2.05, 4.69) is 4.99 Å². The van der Waals surface area contributed by atoms with Crippen molar-refractivity contribution in [2.24, 2.45) is 4.99 Å². The van der Waals surface area contributed by atoms with Crippen molar-refractivity contribution in [2.45, 2.75) is 26.5 Å². The maximum atomic E-state index is 13.8. The molecule has 0 aliphatic carbocycles. The molecule has 0 saturated heterocycles. The lowest BCUT2D eigenvalue weighted by molar-refractivity contribution is -0.139. The smallest absolute Gasteiger partial charge is 0.338 e. The lowest BCUT2D eigenvalue weighted by Gasteiger charge is -2.24. The number of rotatable bonds is 8. The average molecular weight is 593 g/mol. The fourth-order valence-electron chi connectivity index (χ4n) is 4.54. The van der Waals surface area contributed by atoms with E-state index in [0.29, 0.717) is 48.3 Å². The van der Waals surface area contributed by atoms with Gasteiger partial charge in [0.1, 0.15) is 12.4 Å². The summed E-state index contributed by atoms with van der Waals surface area (Å²) < 4.78 is 31.9. The van der Waals surface area contributed by atoms with Crippen LogP contribution in [0.4, 0.5) is 4.39 Å². The summed E-state index contributed by atoms with van der Waals surface area (Å²) in [4.78, 5) is 31.9. The Balaban J connectivity index is 1.53. The van der Waals surface area contributed by atoms with E-state index in [4.69, 9.17) is 25.8 Å². The van der Waals surface area contributed by atoms with Gasteiger partial charge in [-0.1, -0.05) is 53.3 Å². The standard InChI is InChI=1S/C31H26ClFN2O5S/c1-4-39-30(37)27-18(2)34-31-35(28(27)21-8-10-22(32)11-9-21)29(36)26(41-31)16-20-7-14-24(25(15-20)38-3)40-17-19-5-12-23(33)13-6-19/h5-16,28H,4,17H2,1-3H3/b26-16+. The lowest BCUT2D eigenvalue weighted by atomic mass is 9.96. The number of thiazole rings is 1. The molecule has 210 valence electrons. The molecule has 2 heterocycles. The summed E-state index contributed by atoms with van der Waals surface area (Å²) in [6, 6.07) is 17.7. The summed E-state index contributed by atoms with van der Waals surface area (Å²) in [5, 5.41) is 0.540. The number of ether oxygens (including phenoxy) is 3. The van der Waals surface area contributed by atoms with Crippen molar-refractivity contribution < 1.29 is 23.4 Å². The molecule has 0 radical (unpaired) electrons. The van der Waals surface area contributed by atoms with Gasteiger partial charge in [-0.25, -0.2) is 14.2 Å². The van der Waals surface area contributed by atoms with Crippen LogP contribution in [-0.4, -0.2) is 24.3 Å². The van der Waals surface area contributed by atoms with Crippen LogP contribution in [0.2, 0.25) is 5.02 Å². The Hall–Kier alpha value is -4.21. The highest BCUT2D eigenvalue weighted by atomic mass is 35.5. The van der Waals surface area contributed by atoms with Crippen LogP contribution >= 0.6 is 22.9 Å². The normalized spacial score (nSPS) is 14.9. The summed E-state index contributed by atoms with van der Waals surface area (Å²) in [7, 11) is 1.53. The Morgan fingerprint density at radius 1 is 1.10 bits per heavy atom. The third-order valence-electron chi connectivity index (χ3n) is 6.50. The number of methoxy groups -OCH3 is 1. The summed E-state index contributed by atoms with van der Waals surface area (Å²) in [6.07, 6.45) is 1.75. The molecule has 3 aromatic carbocycles. The number of allylic oxidation sites excluding steroid dienone is 1. The van der Waals surface area contributed by atoms with Crippen molar-refractivity contribution >= 4 is 35.0 Å². The topological polar surface area (TPSA) is 79.1 Å². The number of halogens is 2. The maximum absolute atomic E-state index is 13.8. The highest BCUT2D eigenvalue weighted by Gasteiger charge is 2.33. The third-order valence-corrected chi connectivity index (χ3v) is 7.73. The zero-order valence-electron chi connectivity index (χ0n) is 22.5. The average Bonchev–Trinajstić information content (AvgIpc) is 3.26. The van der Waals surface area contributed by atoms with Gasteiger partial charge in [-0.3, -0.25) is 9.36 Å². The molecule has 1 aliphatic rings. The first-order valence-electron chi connectivity index (χ1n) is 12.8. The number of esters is 1. The molecule has 0 saturated carbocycles. The molecule has 1 aliphatic heterocycles. The molecule has 0 bridgehead atoms. The number of carbonyl (C=O) groups is 1. The van der Waals surface area contributed by atoms with Crippen molar-refractivity contribution in [1.29, 1.82) is 0 Å². The largest absolute Gasteiger partial charge is 0.493 e. The molecular weight excluding hydrogens is 567 g/mol. The number of benzene rings is 3. The highest BCUT2D eigenvalue weighted by molar-refractivity contribution is 7.07. The molecule has 0 fully saturated rings. The first-order valence-corrected chi connectivity index (χ1v) is 14.0. The minimum absolute atomic E-state index is 0.193. The van der Waals surface area contributed by atoms with Crippen molar-refractivity contribution in [2.75, 3.05) is 13.7 Å². The first kappa shape index (κ1) is 28.3. The summed E-state index contributed by atoms with van der Waals surface area (Å²) >= 11 is 7.35. The van der Waals surface area contributed by atoms with Gasteiger partial charge < -0.3 is 14.2 Å². The number of hydrogen-bond donors (Lipinski definition) is 0. The second-order valence-corrected chi connectivity index (χ2v) is 10.6. The van der Waals surface area contributed by atoms with Gasteiger partial charge in [-0.2, -0.15) is 0 Å². The Labute approximate surface area is 244 Å². The number of nitrogens with zero attached hydrogens (tertiary/aromatic N) is 2. The molecule has 0 N–H and O–H groups in total. The molecule has 7 nitrogen and oxygen atoms in total. The number of fused-ring (bicyclic) bond motifs is 1. The van der Waals surface area contributed by atoms with Crippen LogP contribution in [0.15, 0.2) is 87.8 Å². The number of aromatic nitrogens is 1. The van der Waals surface area contributed by atoms with E-state index in [1.54, 1.807) is 68.5 Å². The van der Waals surface area contributed by atoms with Crippen LogP contribution in [0, 0.1) is 5.82 Å². The third kappa shape index (κ3) is 5.96. The van der Waals surface area contributed by atoms with Gasteiger partial charge in [0.25, 0.3) is 5.56 Å². The van der Waals surface area contributed by atoms with E-state index in [9.17, 15) is 14.0 Å². The van der Waals surface area contributed by atoms with Crippen LogP contribution in [0.5, 0.6) is 11.5 Å². The molecular formula is C31H26ClFN2O5S. The summed E-state index contributed by atoms with van der Waals surface area (Å²) in [5.74, 6) is 0.151. The van der Waals surface area contributed by atoms with Gasteiger partial charge in [-0.15, -0.1) is 0 Å². The molecule has 10 heteroatoms. The highest BCUT2D eigenvalue weighted by Crippen LogP contribution is 2.32. The second kappa shape index (κ2) is 12.1. The fraction of sp³-hybridized carbons (Fsp3) is 0.194. The van der Waals surface area contributed by atoms with E-state index in [1.807, 2.05) is 6.07 Å². The molecule has 1 unspecified atom stereocenters. The van der Waals surface area contributed by atoms with Gasteiger partial charge in [0, 0.05) is 5.02 Å². The predicted octanol–water partition coefficient (Wildman–Crippen LogP) is 5.18. The van der Waals surface area contributed by atoms with Crippen LogP contribution in [0.25, 0.3) is 6.08 Å². The molecule has 5 rings (SSSR count). The van der Waals surface area contributed by atoms with Crippen molar-refractivity contribution in [3.63, 3.8) is 0 Å². The van der Waals surface area contributed by atoms with Crippen LogP contribution in [0.1, 0.15) is 36.6 Å². The predicted molar refractivity (Wildman–Crippen MR) is 156 cm³/mol. The van der Waals surface area contributed by atoms with Gasteiger partial charge in [0.15, 0.2) is 16.3 Å². The fourth-order valence-corrected chi connectivity index (χ4v) is 5.71. The van der Waals surface area contributed by atoms with Gasteiger partial charge >= 0.3 is 5.97 Å². The minimum atomic E-state index is -0.721. The quantitative estimate of drug-likeness (QED) is 0.264. The molecule has 0 spiro atoms. The minimum Gasteiger partial charge on any atom is -0.493 e. The van der Waals surface area contributed by atoms with E-state index in [0.717, 1.165) is 5.56 Å². The van der Waals surface area contributed by atoms with Crippen LogP contribution in [-0.2, 0) is 16.1 Å². The Morgan fingerprint density at radius 2 is 1.83 bits per heavy atom. The SMILES string of the molecule is CCOC(=O)C1=C(C)N=c2s/c(=C/c3ccc(OCc4ccc(F)cc4)c(OC)c3)c(=O)n2C1c1ccc(Cl)cc1. The van der Waals surface area contributed by atoms with Gasteiger partial charge in [0.2, 0.25) is 0 Å². The molecule has 1 atom stereocenters. The van der Waals surface area contributed by atoms with Crippen molar-refractivity contribution in [1.82, 2.24) is 4.57 Å². The van der Waals surface area contributed by atoms with Crippen LogP contribution in [0.3, 0.4) is 0 Å². The Bertz CT molecular complexity index is 1810. The van der Waals surface area contributed by atoms with E-state index < -0.39 is 12.0 Å². The zero-order valence-corrected chi connectivity index (χ0v) is 24.1. The number of hydrogen-bond acceptors (Lipinski definition) is 7. The zero-order chi connectivity index (χ0) is 29.1. The Morgan fingerprint density at radius 3 is 2.51 bits per heavy atom. The van der Waals surface area contributed by atoms with E-state index >= 15 is 0 Å². The first-order chi connectivity index (χ1) is 19.8. The number of carbonyl (C=O) groups excluding carboxylic acids is 1. The summed E-state index contributed by atoms with van der Waals surface area (Å²) in [6.45, 7) is 3.90. The monoisotopic (exact) mass is 592 g/mol. The van der Waals surface area contributed by atoms with Crippen LogP contribution < -0.4 is 24.4 Å². The maximum Gasteiger partial charge on any atom is 0.338 e. The van der Waals surface area contributed by atoms with E-state index in [1.165, 1.54) is 35.1 Å². The van der Waals surface area contributed by atoms with Crippen molar-refractivity contribution in [3.8, 4) is 11.5 Å². The molecule has 4 aromatic rings. The molecule has 41 heavy (non-hydrogen) atoms. The second-order valence-electron chi connectivity index (χ2n) is 9.18. The molecule has 0 amide bonds.